The van der Waals surface area contributed by atoms with E-state index in [1.807, 2.05) is 6.92 Å². The van der Waals surface area contributed by atoms with Crippen molar-refractivity contribution in [3.05, 3.63) is 35.6 Å². The molecule has 0 heterocycles. The lowest BCUT2D eigenvalue weighted by Crippen LogP contribution is -2.45. The van der Waals surface area contributed by atoms with Crippen molar-refractivity contribution in [3.63, 3.8) is 0 Å². The van der Waals surface area contributed by atoms with Gasteiger partial charge in [0.2, 0.25) is 0 Å². The Hall–Kier alpha value is -2.11. The fourth-order valence-corrected chi connectivity index (χ4v) is 1.57. The Bertz CT molecular complexity index is 451. The quantitative estimate of drug-likeness (QED) is 0.737. The molecule has 0 spiro atoms. The highest BCUT2D eigenvalue weighted by Gasteiger charge is 2.18. The lowest BCUT2D eigenvalue weighted by Gasteiger charge is -2.14. The van der Waals surface area contributed by atoms with Crippen LogP contribution in [0.25, 0.3) is 0 Å². The van der Waals surface area contributed by atoms with E-state index in [0.29, 0.717) is 18.4 Å². The van der Waals surface area contributed by atoms with Crippen LogP contribution < -0.4 is 10.6 Å². The molecule has 0 aliphatic heterocycles. The van der Waals surface area contributed by atoms with Crippen LogP contribution in [0.3, 0.4) is 0 Å². The van der Waals surface area contributed by atoms with E-state index in [1.54, 1.807) is 18.2 Å². The summed E-state index contributed by atoms with van der Waals surface area (Å²) in [5.74, 6) is -1.49. The van der Waals surface area contributed by atoms with Crippen molar-refractivity contribution in [1.29, 1.82) is 0 Å². The van der Waals surface area contributed by atoms with E-state index in [-0.39, 0.29) is 6.54 Å². The number of urea groups is 1. The summed E-state index contributed by atoms with van der Waals surface area (Å²) in [5, 5.41) is 13.6. The van der Waals surface area contributed by atoms with Gasteiger partial charge in [0.05, 0.1) is 0 Å². The van der Waals surface area contributed by atoms with Crippen molar-refractivity contribution in [2.24, 2.45) is 0 Å². The summed E-state index contributed by atoms with van der Waals surface area (Å²) in [6.45, 7) is 1.84. The van der Waals surface area contributed by atoms with Gasteiger partial charge in [0.15, 0.2) is 0 Å². The topological polar surface area (TPSA) is 78.4 Å². The molecule has 0 saturated carbocycles. The minimum absolute atomic E-state index is 0.0109. The van der Waals surface area contributed by atoms with Crippen LogP contribution in [0.2, 0.25) is 0 Å². The van der Waals surface area contributed by atoms with Crippen molar-refractivity contribution in [2.45, 2.75) is 32.4 Å². The van der Waals surface area contributed by atoms with Crippen LogP contribution in [0, 0.1) is 5.82 Å². The first kappa shape index (κ1) is 14.9. The van der Waals surface area contributed by atoms with Crippen LogP contribution in [-0.2, 0) is 11.3 Å². The molecule has 6 heteroatoms. The molecular weight excluding hydrogens is 251 g/mol. The normalized spacial score (nSPS) is 11.7. The average Bonchev–Trinajstić information content (AvgIpc) is 2.37. The van der Waals surface area contributed by atoms with Crippen LogP contribution in [0.1, 0.15) is 25.3 Å². The van der Waals surface area contributed by atoms with Crippen molar-refractivity contribution in [2.75, 3.05) is 0 Å². The Balaban J connectivity index is 2.47. The van der Waals surface area contributed by atoms with E-state index in [1.165, 1.54) is 6.07 Å². The highest BCUT2D eigenvalue weighted by Crippen LogP contribution is 2.05. The molecule has 0 bridgehead atoms. The highest BCUT2D eigenvalue weighted by atomic mass is 19.1. The molecule has 0 fully saturated rings. The smallest absolute Gasteiger partial charge is 0.326 e. The first-order valence-electron chi connectivity index (χ1n) is 6.05. The third-order valence-corrected chi connectivity index (χ3v) is 2.58. The number of carbonyl (C=O) groups is 2. The number of halogens is 1. The minimum atomic E-state index is -1.08. The van der Waals surface area contributed by atoms with Crippen molar-refractivity contribution in [1.82, 2.24) is 10.6 Å². The summed E-state index contributed by atoms with van der Waals surface area (Å²) in [6.07, 6.45) is 0.993. The van der Waals surface area contributed by atoms with Gasteiger partial charge >= 0.3 is 12.0 Å². The number of hydrogen-bond donors (Lipinski definition) is 3. The molecule has 1 aromatic carbocycles. The number of amides is 2. The summed E-state index contributed by atoms with van der Waals surface area (Å²) >= 11 is 0. The molecule has 0 aliphatic rings. The second-order valence-electron chi connectivity index (χ2n) is 4.10. The predicted molar refractivity (Wildman–Crippen MR) is 68.1 cm³/mol. The SMILES string of the molecule is CCCC(NC(=O)NCc1ccccc1F)C(=O)O. The Morgan fingerprint density at radius 2 is 2.05 bits per heavy atom. The van der Waals surface area contributed by atoms with Crippen molar-refractivity contribution < 1.29 is 19.1 Å². The number of aliphatic carboxylic acids is 1. The molecule has 104 valence electrons. The zero-order valence-electron chi connectivity index (χ0n) is 10.6. The van der Waals surface area contributed by atoms with Crippen LogP contribution in [-0.4, -0.2) is 23.1 Å². The molecule has 1 atom stereocenters. The number of carboxylic acids is 1. The summed E-state index contributed by atoms with van der Waals surface area (Å²) in [5.41, 5.74) is 0.347. The fraction of sp³-hybridized carbons (Fsp3) is 0.385. The van der Waals surface area contributed by atoms with Gasteiger partial charge in [-0.05, 0) is 12.5 Å². The van der Waals surface area contributed by atoms with Crippen LogP contribution in [0.15, 0.2) is 24.3 Å². The van der Waals surface area contributed by atoms with E-state index in [0.717, 1.165) is 0 Å². The maximum absolute atomic E-state index is 13.3. The molecule has 1 aromatic rings. The summed E-state index contributed by atoms with van der Waals surface area (Å²) in [4.78, 5) is 22.4. The van der Waals surface area contributed by atoms with Gasteiger partial charge in [-0.15, -0.1) is 0 Å². The first-order valence-corrected chi connectivity index (χ1v) is 6.05. The van der Waals surface area contributed by atoms with Crippen molar-refractivity contribution >= 4 is 12.0 Å². The molecule has 1 unspecified atom stereocenters. The first-order chi connectivity index (χ1) is 9.04. The van der Waals surface area contributed by atoms with Gasteiger partial charge in [-0.1, -0.05) is 31.5 Å². The van der Waals surface area contributed by atoms with E-state index in [9.17, 15) is 14.0 Å². The van der Waals surface area contributed by atoms with Gasteiger partial charge in [0, 0.05) is 12.1 Å². The third kappa shape index (κ3) is 4.95. The van der Waals surface area contributed by atoms with E-state index < -0.39 is 23.9 Å². The zero-order valence-corrected chi connectivity index (χ0v) is 10.6. The van der Waals surface area contributed by atoms with Crippen molar-refractivity contribution in [3.8, 4) is 0 Å². The minimum Gasteiger partial charge on any atom is -0.480 e. The molecule has 0 radical (unpaired) electrons. The van der Waals surface area contributed by atoms with Gasteiger partial charge in [0.1, 0.15) is 11.9 Å². The molecule has 3 N–H and O–H groups in total. The lowest BCUT2D eigenvalue weighted by atomic mass is 10.2. The van der Waals surface area contributed by atoms with Gasteiger partial charge in [-0.25, -0.2) is 14.0 Å². The zero-order chi connectivity index (χ0) is 14.3. The predicted octanol–water partition coefficient (Wildman–Crippen LogP) is 1.88. The number of rotatable bonds is 6. The summed E-state index contributed by atoms with van der Waals surface area (Å²) in [6, 6.07) is 4.52. The Labute approximate surface area is 110 Å². The van der Waals surface area contributed by atoms with E-state index in [4.69, 9.17) is 5.11 Å². The van der Waals surface area contributed by atoms with E-state index >= 15 is 0 Å². The molecule has 0 aliphatic carbocycles. The largest absolute Gasteiger partial charge is 0.480 e. The van der Waals surface area contributed by atoms with Crippen LogP contribution >= 0.6 is 0 Å². The van der Waals surface area contributed by atoms with Crippen LogP contribution in [0.4, 0.5) is 9.18 Å². The number of carboxylic acid groups (broad SMARTS) is 1. The number of hydrogen-bond acceptors (Lipinski definition) is 2. The van der Waals surface area contributed by atoms with Gasteiger partial charge in [0.25, 0.3) is 0 Å². The van der Waals surface area contributed by atoms with Gasteiger partial charge in [-0.3, -0.25) is 0 Å². The van der Waals surface area contributed by atoms with Gasteiger partial charge < -0.3 is 15.7 Å². The Kier molecular flexibility index (Phi) is 5.78. The summed E-state index contributed by atoms with van der Waals surface area (Å²) in [7, 11) is 0. The highest BCUT2D eigenvalue weighted by molar-refractivity contribution is 5.82. The number of carbonyl (C=O) groups excluding carboxylic acids is 1. The second-order valence-corrected chi connectivity index (χ2v) is 4.10. The maximum atomic E-state index is 13.3. The Morgan fingerprint density at radius 3 is 2.63 bits per heavy atom. The van der Waals surface area contributed by atoms with E-state index in [2.05, 4.69) is 10.6 Å². The standard InChI is InChI=1S/C13H17FN2O3/c1-2-5-11(12(17)18)16-13(19)15-8-9-6-3-4-7-10(9)14/h3-4,6-7,11H,2,5,8H2,1H3,(H,17,18)(H2,15,16,19). The molecule has 0 aromatic heterocycles. The molecule has 1 rings (SSSR count). The molecule has 5 nitrogen and oxygen atoms in total. The second kappa shape index (κ2) is 7.35. The monoisotopic (exact) mass is 268 g/mol. The van der Waals surface area contributed by atoms with Crippen LogP contribution in [0.5, 0.6) is 0 Å². The molecular formula is C13H17FN2O3. The average molecular weight is 268 g/mol. The maximum Gasteiger partial charge on any atom is 0.326 e. The van der Waals surface area contributed by atoms with Gasteiger partial charge in [-0.2, -0.15) is 0 Å². The molecule has 19 heavy (non-hydrogen) atoms. The fourth-order valence-electron chi connectivity index (χ4n) is 1.57. The molecule has 0 saturated heterocycles. The summed E-state index contributed by atoms with van der Waals surface area (Å²) < 4.78 is 13.3. The Morgan fingerprint density at radius 1 is 1.37 bits per heavy atom. The number of nitrogens with one attached hydrogen (secondary N) is 2. The number of benzene rings is 1. The third-order valence-electron chi connectivity index (χ3n) is 2.58. The molecule has 2 amide bonds. The lowest BCUT2D eigenvalue weighted by molar-refractivity contribution is -0.139.